The maximum atomic E-state index is 13.0. The van der Waals surface area contributed by atoms with Crippen LogP contribution >= 0.6 is 0 Å². The van der Waals surface area contributed by atoms with E-state index in [1.165, 1.54) is 11.1 Å². The third-order valence-electron chi connectivity index (χ3n) is 4.96. The molecule has 1 aliphatic rings. The Labute approximate surface area is 155 Å². The predicted molar refractivity (Wildman–Crippen MR) is 103 cm³/mol. The summed E-state index contributed by atoms with van der Waals surface area (Å²) in [6, 6.07) is 16.2. The van der Waals surface area contributed by atoms with E-state index < -0.39 is 5.41 Å². The van der Waals surface area contributed by atoms with Gasteiger partial charge in [-0.05, 0) is 55.5 Å². The second-order valence-corrected chi connectivity index (χ2v) is 6.99. The molecular weight excluding hydrogens is 326 g/mol. The van der Waals surface area contributed by atoms with Crippen molar-refractivity contribution in [2.75, 3.05) is 26.4 Å². The Morgan fingerprint density at radius 1 is 1.08 bits per heavy atom. The zero-order valence-electron chi connectivity index (χ0n) is 15.6. The first-order valence-corrected chi connectivity index (χ1v) is 9.23. The number of amides is 1. The van der Waals surface area contributed by atoms with Crippen molar-refractivity contribution in [3.8, 4) is 5.75 Å². The quantitative estimate of drug-likeness (QED) is 0.808. The number of carbonyl (C=O) groups is 1. The van der Waals surface area contributed by atoms with E-state index in [-0.39, 0.29) is 5.91 Å². The molecule has 2 aromatic carbocycles. The van der Waals surface area contributed by atoms with Gasteiger partial charge in [-0.1, -0.05) is 36.4 Å². The highest BCUT2D eigenvalue weighted by Gasteiger charge is 2.41. The lowest BCUT2D eigenvalue weighted by Gasteiger charge is -2.36. The van der Waals surface area contributed by atoms with Gasteiger partial charge in [0.2, 0.25) is 5.91 Å². The van der Waals surface area contributed by atoms with Gasteiger partial charge in [0, 0.05) is 13.2 Å². The molecule has 138 valence electrons. The van der Waals surface area contributed by atoms with Crippen LogP contribution in [0, 0.1) is 13.8 Å². The van der Waals surface area contributed by atoms with Crippen LogP contribution in [0.15, 0.2) is 48.5 Å². The molecule has 1 N–H and O–H groups in total. The maximum Gasteiger partial charge on any atom is 0.230 e. The van der Waals surface area contributed by atoms with Crippen molar-refractivity contribution in [3.63, 3.8) is 0 Å². The van der Waals surface area contributed by atoms with Crippen molar-refractivity contribution < 1.29 is 14.3 Å². The smallest absolute Gasteiger partial charge is 0.230 e. The molecular formula is C22H27NO3. The molecule has 1 aliphatic heterocycles. The van der Waals surface area contributed by atoms with Crippen molar-refractivity contribution in [1.29, 1.82) is 0 Å². The van der Waals surface area contributed by atoms with Crippen LogP contribution in [0.1, 0.15) is 29.5 Å². The third-order valence-corrected chi connectivity index (χ3v) is 4.96. The molecule has 4 heteroatoms. The Bertz CT molecular complexity index is 716. The lowest BCUT2D eigenvalue weighted by atomic mass is 9.73. The minimum absolute atomic E-state index is 0.0658. The van der Waals surface area contributed by atoms with E-state index in [9.17, 15) is 4.79 Å². The number of carbonyl (C=O) groups excluding carboxylic acids is 1. The highest BCUT2D eigenvalue weighted by atomic mass is 16.5. The second kappa shape index (κ2) is 8.37. The SMILES string of the molecule is Cc1cc(C)cc(OCCNC(=O)C2(c3ccccc3)CCOCC2)c1. The molecule has 0 unspecified atom stereocenters. The molecule has 2 aromatic rings. The van der Waals surface area contributed by atoms with Crippen LogP contribution in [0.4, 0.5) is 0 Å². The number of hydrogen-bond donors (Lipinski definition) is 1. The summed E-state index contributed by atoms with van der Waals surface area (Å²) in [5.41, 5.74) is 2.92. The summed E-state index contributed by atoms with van der Waals surface area (Å²) in [5.74, 6) is 0.914. The van der Waals surface area contributed by atoms with Crippen molar-refractivity contribution in [3.05, 3.63) is 65.2 Å². The number of aryl methyl sites for hydroxylation is 2. The lowest BCUT2D eigenvalue weighted by molar-refractivity contribution is -0.130. The first-order valence-electron chi connectivity index (χ1n) is 9.23. The van der Waals surface area contributed by atoms with E-state index in [1.54, 1.807) is 0 Å². The van der Waals surface area contributed by atoms with Crippen molar-refractivity contribution in [2.45, 2.75) is 32.1 Å². The van der Waals surface area contributed by atoms with Crippen LogP contribution in [-0.4, -0.2) is 32.3 Å². The Hall–Kier alpha value is -2.33. The number of ether oxygens (including phenoxy) is 2. The van der Waals surface area contributed by atoms with E-state index in [0.717, 1.165) is 11.3 Å². The topological polar surface area (TPSA) is 47.6 Å². The van der Waals surface area contributed by atoms with Gasteiger partial charge in [-0.15, -0.1) is 0 Å². The number of hydrogen-bond acceptors (Lipinski definition) is 3. The fourth-order valence-electron chi connectivity index (χ4n) is 3.64. The fourth-order valence-corrected chi connectivity index (χ4v) is 3.64. The van der Waals surface area contributed by atoms with Gasteiger partial charge in [-0.2, -0.15) is 0 Å². The van der Waals surface area contributed by atoms with E-state index in [0.29, 0.717) is 39.2 Å². The number of benzene rings is 2. The Morgan fingerprint density at radius 3 is 2.38 bits per heavy atom. The first kappa shape index (κ1) is 18.5. The highest BCUT2D eigenvalue weighted by Crippen LogP contribution is 2.35. The monoisotopic (exact) mass is 353 g/mol. The van der Waals surface area contributed by atoms with Gasteiger partial charge in [-0.3, -0.25) is 4.79 Å². The van der Waals surface area contributed by atoms with Gasteiger partial charge in [0.05, 0.1) is 12.0 Å². The average Bonchev–Trinajstić information content (AvgIpc) is 2.65. The lowest BCUT2D eigenvalue weighted by Crippen LogP contribution is -2.48. The van der Waals surface area contributed by atoms with E-state index in [1.807, 2.05) is 42.5 Å². The zero-order chi connectivity index (χ0) is 18.4. The van der Waals surface area contributed by atoms with Gasteiger partial charge in [0.15, 0.2) is 0 Å². The number of rotatable bonds is 6. The summed E-state index contributed by atoms with van der Waals surface area (Å²) in [6.07, 6.45) is 1.42. The summed E-state index contributed by atoms with van der Waals surface area (Å²) in [5, 5.41) is 3.07. The summed E-state index contributed by atoms with van der Waals surface area (Å²) in [7, 11) is 0. The Balaban J connectivity index is 1.60. The van der Waals surface area contributed by atoms with Crippen molar-refractivity contribution >= 4 is 5.91 Å². The molecule has 1 saturated heterocycles. The van der Waals surface area contributed by atoms with Gasteiger partial charge >= 0.3 is 0 Å². The summed E-state index contributed by atoms with van der Waals surface area (Å²) < 4.78 is 11.3. The predicted octanol–water partition coefficient (Wildman–Crippen LogP) is 3.55. The fraction of sp³-hybridized carbons (Fsp3) is 0.409. The largest absolute Gasteiger partial charge is 0.492 e. The van der Waals surface area contributed by atoms with Gasteiger partial charge < -0.3 is 14.8 Å². The van der Waals surface area contributed by atoms with Crippen LogP contribution in [0.3, 0.4) is 0 Å². The van der Waals surface area contributed by atoms with Gasteiger partial charge in [0.1, 0.15) is 12.4 Å². The van der Waals surface area contributed by atoms with Crippen LogP contribution in [0.5, 0.6) is 5.75 Å². The van der Waals surface area contributed by atoms with E-state index in [4.69, 9.17) is 9.47 Å². The molecule has 0 aliphatic carbocycles. The van der Waals surface area contributed by atoms with E-state index in [2.05, 4.69) is 25.2 Å². The summed E-state index contributed by atoms with van der Waals surface area (Å²) >= 11 is 0. The molecule has 0 atom stereocenters. The van der Waals surface area contributed by atoms with Crippen LogP contribution in [-0.2, 0) is 14.9 Å². The standard InChI is InChI=1S/C22H27NO3/c1-17-14-18(2)16-20(15-17)26-13-10-23-21(24)22(8-11-25-12-9-22)19-6-4-3-5-7-19/h3-7,14-16H,8-13H2,1-2H3,(H,23,24). The minimum atomic E-state index is -0.501. The highest BCUT2D eigenvalue weighted by molar-refractivity contribution is 5.88. The minimum Gasteiger partial charge on any atom is -0.492 e. The second-order valence-electron chi connectivity index (χ2n) is 6.99. The average molecular weight is 353 g/mol. The van der Waals surface area contributed by atoms with Crippen LogP contribution in [0.25, 0.3) is 0 Å². The molecule has 3 rings (SSSR count). The Kier molecular flexibility index (Phi) is 5.94. The third kappa shape index (κ3) is 4.25. The molecule has 26 heavy (non-hydrogen) atoms. The molecule has 0 radical (unpaired) electrons. The summed E-state index contributed by atoms with van der Waals surface area (Å²) in [6.45, 7) is 6.27. The van der Waals surface area contributed by atoms with Gasteiger partial charge in [0.25, 0.3) is 0 Å². The molecule has 0 saturated carbocycles. The van der Waals surface area contributed by atoms with Crippen LogP contribution in [0.2, 0.25) is 0 Å². The zero-order valence-corrected chi connectivity index (χ0v) is 15.6. The molecule has 4 nitrogen and oxygen atoms in total. The van der Waals surface area contributed by atoms with Crippen molar-refractivity contribution in [1.82, 2.24) is 5.32 Å². The molecule has 1 heterocycles. The van der Waals surface area contributed by atoms with Crippen LogP contribution < -0.4 is 10.1 Å². The molecule has 1 amide bonds. The Morgan fingerprint density at radius 2 is 1.73 bits per heavy atom. The number of nitrogens with one attached hydrogen (secondary N) is 1. The maximum absolute atomic E-state index is 13.0. The van der Waals surface area contributed by atoms with E-state index >= 15 is 0 Å². The van der Waals surface area contributed by atoms with Gasteiger partial charge in [-0.25, -0.2) is 0 Å². The molecule has 0 aromatic heterocycles. The molecule has 0 bridgehead atoms. The normalized spacial score (nSPS) is 16.1. The molecule has 1 fully saturated rings. The molecule has 0 spiro atoms. The van der Waals surface area contributed by atoms with Crippen molar-refractivity contribution in [2.24, 2.45) is 0 Å². The first-order chi connectivity index (χ1) is 12.6. The summed E-state index contributed by atoms with van der Waals surface area (Å²) in [4.78, 5) is 13.0.